The van der Waals surface area contributed by atoms with E-state index in [1.807, 2.05) is 0 Å². The molecule has 1 saturated heterocycles. The van der Waals surface area contributed by atoms with Crippen molar-refractivity contribution < 1.29 is 13.2 Å². The number of rotatable bonds is 3. The number of nitrogens with zero attached hydrogens (tertiary/aromatic N) is 4. The number of anilines is 1. The second-order valence-corrected chi connectivity index (χ2v) is 7.46. The molecular formula is C12H19N5O3S. The highest BCUT2D eigenvalue weighted by atomic mass is 32.2. The summed E-state index contributed by atoms with van der Waals surface area (Å²) in [5, 5.41) is 3.87. The van der Waals surface area contributed by atoms with Gasteiger partial charge in [-0.3, -0.25) is 9.48 Å². The zero-order valence-corrected chi connectivity index (χ0v) is 12.7. The number of aromatic nitrogens is 2. The van der Waals surface area contributed by atoms with E-state index in [-0.39, 0.29) is 22.5 Å². The molecule has 0 aromatic carbocycles. The van der Waals surface area contributed by atoms with Gasteiger partial charge in [0.1, 0.15) is 4.90 Å². The van der Waals surface area contributed by atoms with Gasteiger partial charge in [-0.15, -0.1) is 0 Å². The topological polar surface area (TPSA) is 102 Å². The first-order valence-corrected chi connectivity index (χ1v) is 8.41. The van der Waals surface area contributed by atoms with Gasteiger partial charge in [-0.1, -0.05) is 0 Å². The minimum atomic E-state index is -3.64. The highest BCUT2D eigenvalue weighted by Gasteiger charge is 2.37. The fraction of sp³-hybridized carbons (Fsp3) is 0.667. The molecule has 2 aliphatic rings. The van der Waals surface area contributed by atoms with Crippen LogP contribution in [-0.4, -0.2) is 59.5 Å². The summed E-state index contributed by atoms with van der Waals surface area (Å²) in [5.41, 5.74) is 5.66. The molecule has 2 N–H and O–H groups in total. The lowest BCUT2D eigenvalue weighted by molar-refractivity contribution is -0.133. The maximum atomic E-state index is 12.5. The first kappa shape index (κ1) is 14.3. The number of sulfonamides is 1. The fourth-order valence-corrected chi connectivity index (χ4v) is 4.07. The van der Waals surface area contributed by atoms with Crippen molar-refractivity contribution in [1.82, 2.24) is 19.0 Å². The number of piperazine rings is 1. The standard InChI is InChI=1S/C12H19N5O3S/c1-15-8-10(11(13)14-15)21(19,20)17-6-4-16(5-7-17)12(18)9-2-3-9/h8-9H,2-7H2,1H3,(H2,13,14). The molecule has 8 nitrogen and oxygen atoms in total. The number of nitrogens with two attached hydrogens (primary N) is 1. The second kappa shape index (κ2) is 4.99. The molecule has 1 aromatic rings. The van der Waals surface area contributed by atoms with Gasteiger partial charge in [0.05, 0.1) is 0 Å². The van der Waals surface area contributed by atoms with Crippen LogP contribution in [0.4, 0.5) is 5.82 Å². The quantitative estimate of drug-likeness (QED) is 0.791. The summed E-state index contributed by atoms with van der Waals surface area (Å²) in [5.74, 6) is 0.337. The molecule has 1 aromatic heterocycles. The Morgan fingerprint density at radius 2 is 1.90 bits per heavy atom. The van der Waals surface area contributed by atoms with E-state index >= 15 is 0 Å². The molecule has 0 unspecified atom stereocenters. The predicted octanol–water partition coefficient (Wildman–Crippen LogP) is -0.755. The minimum absolute atomic E-state index is 0.00832. The maximum Gasteiger partial charge on any atom is 0.248 e. The van der Waals surface area contributed by atoms with Crippen LogP contribution in [0.25, 0.3) is 0 Å². The summed E-state index contributed by atoms with van der Waals surface area (Å²) in [6, 6.07) is 0. The van der Waals surface area contributed by atoms with E-state index in [0.29, 0.717) is 26.2 Å². The van der Waals surface area contributed by atoms with Crippen molar-refractivity contribution in [3.63, 3.8) is 0 Å². The molecule has 1 amide bonds. The molecule has 1 saturated carbocycles. The third kappa shape index (κ3) is 2.62. The molecule has 0 bridgehead atoms. The third-order valence-electron chi connectivity index (χ3n) is 3.92. The lowest BCUT2D eigenvalue weighted by Crippen LogP contribution is -2.50. The van der Waals surface area contributed by atoms with Crippen LogP contribution < -0.4 is 5.73 Å². The number of hydrogen-bond donors (Lipinski definition) is 1. The van der Waals surface area contributed by atoms with E-state index in [1.165, 1.54) is 15.2 Å². The summed E-state index contributed by atoms with van der Waals surface area (Å²) >= 11 is 0. The normalized spacial score (nSPS) is 20.7. The van der Waals surface area contributed by atoms with Crippen LogP contribution in [0.1, 0.15) is 12.8 Å². The molecule has 3 rings (SSSR count). The molecule has 116 valence electrons. The molecule has 21 heavy (non-hydrogen) atoms. The Kier molecular flexibility index (Phi) is 3.40. The van der Waals surface area contributed by atoms with Gasteiger partial charge in [-0.05, 0) is 12.8 Å². The smallest absolute Gasteiger partial charge is 0.248 e. The highest BCUT2D eigenvalue weighted by Crippen LogP contribution is 2.31. The minimum Gasteiger partial charge on any atom is -0.381 e. The molecule has 1 aliphatic heterocycles. The zero-order valence-electron chi connectivity index (χ0n) is 11.9. The first-order chi connectivity index (χ1) is 9.89. The average Bonchev–Trinajstić information content (AvgIpc) is 3.23. The van der Waals surface area contributed by atoms with Crippen LogP contribution in [0, 0.1) is 5.92 Å². The monoisotopic (exact) mass is 313 g/mol. The number of aryl methyl sites for hydroxylation is 1. The second-order valence-electron chi connectivity index (χ2n) is 5.56. The summed E-state index contributed by atoms with van der Waals surface area (Å²) in [6.45, 7) is 1.48. The Labute approximate surface area is 123 Å². The number of carbonyl (C=O) groups excluding carboxylic acids is 1. The van der Waals surface area contributed by atoms with Gasteiger partial charge < -0.3 is 10.6 Å². The number of amides is 1. The third-order valence-corrected chi connectivity index (χ3v) is 5.83. The van der Waals surface area contributed by atoms with Gasteiger partial charge in [-0.25, -0.2) is 8.42 Å². The Bertz CT molecular complexity index is 656. The molecule has 0 spiro atoms. The first-order valence-electron chi connectivity index (χ1n) is 6.97. The Hall–Kier alpha value is -1.61. The average molecular weight is 313 g/mol. The summed E-state index contributed by atoms with van der Waals surface area (Å²) in [7, 11) is -2.01. The van der Waals surface area contributed by atoms with Crippen molar-refractivity contribution in [2.45, 2.75) is 17.7 Å². The van der Waals surface area contributed by atoms with Crippen LogP contribution >= 0.6 is 0 Å². The Balaban J connectivity index is 1.71. The molecule has 2 fully saturated rings. The molecule has 9 heteroatoms. The molecule has 1 aliphatic carbocycles. The zero-order chi connectivity index (χ0) is 15.2. The van der Waals surface area contributed by atoms with E-state index in [2.05, 4.69) is 5.10 Å². The molecule has 0 radical (unpaired) electrons. The number of carbonyl (C=O) groups is 1. The van der Waals surface area contributed by atoms with E-state index < -0.39 is 10.0 Å². The van der Waals surface area contributed by atoms with Crippen LogP contribution in [0.3, 0.4) is 0 Å². The van der Waals surface area contributed by atoms with Gasteiger partial charge >= 0.3 is 0 Å². The highest BCUT2D eigenvalue weighted by molar-refractivity contribution is 7.89. The van der Waals surface area contributed by atoms with Crippen LogP contribution in [0.5, 0.6) is 0 Å². The number of nitrogen functional groups attached to an aromatic ring is 1. The Morgan fingerprint density at radius 3 is 2.38 bits per heavy atom. The largest absolute Gasteiger partial charge is 0.381 e. The van der Waals surface area contributed by atoms with E-state index in [4.69, 9.17) is 5.73 Å². The van der Waals surface area contributed by atoms with Crippen molar-refractivity contribution in [3.8, 4) is 0 Å². The predicted molar refractivity (Wildman–Crippen MR) is 75.7 cm³/mol. The van der Waals surface area contributed by atoms with Gasteiger partial charge in [0.2, 0.25) is 15.9 Å². The van der Waals surface area contributed by atoms with Gasteiger partial charge in [0.15, 0.2) is 5.82 Å². The van der Waals surface area contributed by atoms with Crippen molar-refractivity contribution in [3.05, 3.63) is 6.20 Å². The van der Waals surface area contributed by atoms with Gasteiger partial charge in [0.25, 0.3) is 0 Å². The van der Waals surface area contributed by atoms with Crippen molar-refractivity contribution in [2.75, 3.05) is 31.9 Å². The number of hydrogen-bond acceptors (Lipinski definition) is 5. The van der Waals surface area contributed by atoms with Crippen LogP contribution in [-0.2, 0) is 21.9 Å². The van der Waals surface area contributed by atoms with Crippen molar-refractivity contribution in [1.29, 1.82) is 0 Å². The summed E-state index contributed by atoms with van der Waals surface area (Å²) in [6.07, 6.45) is 3.33. The van der Waals surface area contributed by atoms with E-state index in [0.717, 1.165) is 12.8 Å². The van der Waals surface area contributed by atoms with Gasteiger partial charge in [-0.2, -0.15) is 9.40 Å². The van der Waals surface area contributed by atoms with Gasteiger partial charge in [0, 0.05) is 45.3 Å². The van der Waals surface area contributed by atoms with Crippen LogP contribution in [0.15, 0.2) is 11.1 Å². The van der Waals surface area contributed by atoms with E-state index in [9.17, 15) is 13.2 Å². The van der Waals surface area contributed by atoms with Crippen LogP contribution in [0.2, 0.25) is 0 Å². The molecule has 0 atom stereocenters. The SMILES string of the molecule is Cn1cc(S(=O)(=O)N2CCN(C(=O)C3CC3)CC2)c(N)n1. The maximum absolute atomic E-state index is 12.5. The summed E-state index contributed by atoms with van der Waals surface area (Å²) in [4.78, 5) is 13.8. The Morgan fingerprint density at radius 1 is 1.29 bits per heavy atom. The molecular weight excluding hydrogens is 294 g/mol. The summed E-state index contributed by atoms with van der Waals surface area (Å²) < 4.78 is 27.8. The molecule has 2 heterocycles. The van der Waals surface area contributed by atoms with E-state index in [1.54, 1.807) is 11.9 Å². The van der Waals surface area contributed by atoms with Crippen molar-refractivity contribution >= 4 is 21.7 Å². The lowest BCUT2D eigenvalue weighted by atomic mass is 10.3. The lowest BCUT2D eigenvalue weighted by Gasteiger charge is -2.33. The fourth-order valence-electron chi connectivity index (χ4n) is 2.56. The van der Waals surface area contributed by atoms with Crippen molar-refractivity contribution in [2.24, 2.45) is 13.0 Å².